The molecule has 0 radical (unpaired) electrons. The van der Waals surface area contributed by atoms with Crippen molar-refractivity contribution in [3.05, 3.63) is 68.7 Å². The summed E-state index contributed by atoms with van der Waals surface area (Å²) in [6, 6.07) is 8.59. The Kier molecular flexibility index (Phi) is 4.00. The van der Waals surface area contributed by atoms with Crippen LogP contribution in [0.5, 0.6) is 0 Å². The summed E-state index contributed by atoms with van der Waals surface area (Å²) < 4.78 is 26.9. The molecule has 0 amide bonds. The van der Waals surface area contributed by atoms with Crippen molar-refractivity contribution in [2.45, 2.75) is 6.10 Å². The van der Waals surface area contributed by atoms with Gasteiger partial charge in [-0.1, -0.05) is 39.7 Å². The van der Waals surface area contributed by atoms with Gasteiger partial charge in [0, 0.05) is 15.1 Å². The Labute approximate surface area is 116 Å². The predicted octanol–water partition coefficient (Wildman–Crippen LogP) is 4.46. The molecule has 0 heterocycles. The van der Waals surface area contributed by atoms with Gasteiger partial charge in [0.2, 0.25) is 0 Å². The molecule has 0 aromatic heterocycles. The van der Waals surface area contributed by atoms with Crippen LogP contribution in [0.2, 0.25) is 5.02 Å². The largest absolute Gasteiger partial charge is 0.384 e. The van der Waals surface area contributed by atoms with Gasteiger partial charge >= 0.3 is 0 Å². The summed E-state index contributed by atoms with van der Waals surface area (Å²) in [5, 5.41) is 10.1. The first-order chi connectivity index (χ1) is 8.49. The Morgan fingerprint density at radius 1 is 1.06 bits per heavy atom. The number of halogens is 4. The van der Waals surface area contributed by atoms with E-state index in [9.17, 15) is 13.9 Å². The number of benzene rings is 2. The fourth-order valence-corrected chi connectivity index (χ4v) is 2.09. The molecule has 2 rings (SSSR count). The minimum atomic E-state index is -1.10. The van der Waals surface area contributed by atoms with E-state index < -0.39 is 17.7 Å². The highest BCUT2D eigenvalue weighted by Crippen LogP contribution is 2.30. The van der Waals surface area contributed by atoms with Gasteiger partial charge in [0.15, 0.2) is 11.6 Å². The molecule has 0 saturated heterocycles. The second-order valence-corrected chi connectivity index (χ2v) is 5.06. The van der Waals surface area contributed by atoms with E-state index in [1.165, 1.54) is 0 Å². The summed E-state index contributed by atoms with van der Waals surface area (Å²) in [5.74, 6) is -2.07. The van der Waals surface area contributed by atoms with Crippen molar-refractivity contribution in [2.24, 2.45) is 0 Å². The topological polar surface area (TPSA) is 20.2 Å². The number of hydrogen-bond donors (Lipinski definition) is 1. The van der Waals surface area contributed by atoms with Gasteiger partial charge in [0.25, 0.3) is 0 Å². The fourth-order valence-electron chi connectivity index (χ4n) is 1.57. The van der Waals surface area contributed by atoms with Crippen LogP contribution in [0.25, 0.3) is 0 Å². The van der Waals surface area contributed by atoms with Gasteiger partial charge in [0.1, 0.15) is 6.10 Å². The molecule has 1 atom stereocenters. The molecular formula is C13H8BrClF2O. The molecule has 1 N–H and O–H groups in total. The van der Waals surface area contributed by atoms with Crippen LogP contribution in [-0.4, -0.2) is 5.11 Å². The third-order valence-electron chi connectivity index (χ3n) is 2.52. The molecule has 1 nitrogen and oxygen atoms in total. The molecule has 0 aliphatic carbocycles. The van der Waals surface area contributed by atoms with Gasteiger partial charge in [0.05, 0.1) is 0 Å². The van der Waals surface area contributed by atoms with Crippen LogP contribution in [0.1, 0.15) is 17.2 Å². The first kappa shape index (κ1) is 13.5. The van der Waals surface area contributed by atoms with E-state index in [4.69, 9.17) is 11.6 Å². The third kappa shape index (κ3) is 2.71. The van der Waals surface area contributed by atoms with Gasteiger partial charge in [-0.15, -0.1) is 0 Å². The van der Waals surface area contributed by atoms with Crippen molar-refractivity contribution >= 4 is 27.5 Å². The molecular weight excluding hydrogens is 325 g/mol. The molecule has 0 spiro atoms. The van der Waals surface area contributed by atoms with Gasteiger partial charge in [-0.2, -0.15) is 0 Å². The lowest BCUT2D eigenvalue weighted by Gasteiger charge is -2.13. The Morgan fingerprint density at radius 2 is 1.61 bits per heavy atom. The van der Waals surface area contributed by atoms with Crippen molar-refractivity contribution in [3.63, 3.8) is 0 Å². The van der Waals surface area contributed by atoms with Crippen molar-refractivity contribution in [1.82, 2.24) is 0 Å². The summed E-state index contributed by atoms with van der Waals surface area (Å²) in [6.07, 6.45) is -1.10. The second kappa shape index (κ2) is 5.34. The smallest absolute Gasteiger partial charge is 0.160 e. The van der Waals surface area contributed by atoms with Crippen molar-refractivity contribution in [1.29, 1.82) is 0 Å². The average molecular weight is 334 g/mol. The lowest BCUT2D eigenvalue weighted by molar-refractivity contribution is 0.219. The van der Waals surface area contributed by atoms with E-state index >= 15 is 0 Å². The standard InChI is InChI=1S/C13H8BrClF2O/c14-8-3-1-7(2-4-8)13(18)9-5-11(16)12(17)6-10(9)15/h1-6,13,18H. The zero-order chi connectivity index (χ0) is 13.3. The second-order valence-electron chi connectivity index (χ2n) is 3.74. The SMILES string of the molecule is OC(c1ccc(Br)cc1)c1cc(F)c(F)cc1Cl. The van der Waals surface area contributed by atoms with Gasteiger partial charge in [-0.05, 0) is 29.8 Å². The van der Waals surface area contributed by atoms with E-state index in [2.05, 4.69) is 15.9 Å². The fraction of sp³-hybridized carbons (Fsp3) is 0.0769. The highest BCUT2D eigenvalue weighted by molar-refractivity contribution is 9.10. The van der Waals surface area contributed by atoms with Crippen LogP contribution in [0.3, 0.4) is 0 Å². The minimum Gasteiger partial charge on any atom is -0.384 e. The van der Waals surface area contributed by atoms with Crippen LogP contribution >= 0.6 is 27.5 Å². The number of hydrogen-bond acceptors (Lipinski definition) is 1. The first-order valence-electron chi connectivity index (χ1n) is 5.07. The molecule has 0 aliphatic heterocycles. The molecule has 2 aromatic rings. The average Bonchev–Trinajstić information content (AvgIpc) is 2.34. The zero-order valence-electron chi connectivity index (χ0n) is 9.00. The van der Waals surface area contributed by atoms with E-state index in [1.807, 2.05) is 0 Å². The van der Waals surface area contributed by atoms with E-state index in [-0.39, 0.29) is 10.6 Å². The molecule has 1 unspecified atom stereocenters. The molecule has 94 valence electrons. The molecule has 0 bridgehead atoms. The molecule has 18 heavy (non-hydrogen) atoms. The van der Waals surface area contributed by atoms with Crippen molar-refractivity contribution < 1.29 is 13.9 Å². The Bertz CT molecular complexity index is 572. The lowest BCUT2D eigenvalue weighted by Crippen LogP contribution is -2.02. The maximum atomic E-state index is 13.1. The summed E-state index contributed by atoms with van der Waals surface area (Å²) in [7, 11) is 0. The predicted molar refractivity (Wildman–Crippen MR) is 69.6 cm³/mol. The quantitative estimate of drug-likeness (QED) is 0.804. The summed E-state index contributed by atoms with van der Waals surface area (Å²) in [5.41, 5.74) is 0.684. The molecule has 0 saturated carbocycles. The molecule has 0 aliphatic rings. The van der Waals surface area contributed by atoms with E-state index in [1.54, 1.807) is 24.3 Å². The van der Waals surface area contributed by atoms with E-state index in [0.29, 0.717) is 5.56 Å². The molecule has 2 aromatic carbocycles. The Hall–Kier alpha value is -0.970. The molecule has 5 heteroatoms. The Balaban J connectivity index is 2.42. The van der Waals surface area contributed by atoms with E-state index in [0.717, 1.165) is 16.6 Å². The maximum absolute atomic E-state index is 13.1. The highest BCUT2D eigenvalue weighted by atomic mass is 79.9. The summed E-state index contributed by atoms with van der Waals surface area (Å²) in [6.45, 7) is 0. The van der Waals surface area contributed by atoms with Gasteiger partial charge < -0.3 is 5.11 Å². The summed E-state index contributed by atoms with van der Waals surface area (Å²) >= 11 is 9.07. The highest BCUT2D eigenvalue weighted by Gasteiger charge is 2.17. The van der Waals surface area contributed by atoms with Crippen molar-refractivity contribution in [3.8, 4) is 0 Å². The number of aliphatic hydroxyl groups is 1. The Morgan fingerprint density at radius 3 is 2.22 bits per heavy atom. The zero-order valence-corrected chi connectivity index (χ0v) is 11.3. The van der Waals surface area contributed by atoms with Crippen LogP contribution in [-0.2, 0) is 0 Å². The number of aliphatic hydroxyl groups excluding tert-OH is 1. The monoisotopic (exact) mass is 332 g/mol. The van der Waals surface area contributed by atoms with Crippen LogP contribution in [0.15, 0.2) is 40.9 Å². The normalized spacial score (nSPS) is 12.5. The first-order valence-corrected chi connectivity index (χ1v) is 6.24. The minimum absolute atomic E-state index is 0.00989. The van der Waals surface area contributed by atoms with Crippen LogP contribution in [0, 0.1) is 11.6 Å². The van der Waals surface area contributed by atoms with Crippen LogP contribution in [0.4, 0.5) is 8.78 Å². The van der Waals surface area contributed by atoms with Crippen molar-refractivity contribution in [2.75, 3.05) is 0 Å². The summed E-state index contributed by atoms with van der Waals surface area (Å²) in [4.78, 5) is 0. The lowest BCUT2D eigenvalue weighted by atomic mass is 10.0. The van der Waals surface area contributed by atoms with Gasteiger partial charge in [-0.3, -0.25) is 0 Å². The molecule has 0 fully saturated rings. The number of rotatable bonds is 2. The third-order valence-corrected chi connectivity index (χ3v) is 3.38. The van der Waals surface area contributed by atoms with Crippen LogP contribution < -0.4 is 0 Å². The van der Waals surface area contributed by atoms with Gasteiger partial charge in [-0.25, -0.2) is 8.78 Å². The maximum Gasteiger partial charge on any atom is 0.160 e.